The van der Waals surface area contributed by atoms with E-state index in [1.165, 1.54) is 33.4 Å². The van der Waals surface area contributed by atoms with Gasteiger partial charge >= 0.3 is 0 Å². The molecule has 0 N–H and O–H groups in total. The number of hydrogen-bond donors (Lipinski definition) is 0. The van der Waals surface area contributed by atoms with Crippen LogP contribution in [-0.2, 0) is 19.5 Å². The molecule has 128 valence electrons. The van der Waals surface area contributed by atoms with Crippen molar-refractivity contribution in [2.75, 3.05) is 41.9 Å². The van der Waals surface area contributed by atoms with Crippen molar-refractivity contribution in [3.63, 3.8) is 0 Å². The van der Waals surface area contributed by atoms with Gasteiger partial charge in [0.1, 0.15) is 0 Å². The van der Waals surface area contributed by atoms with E-state index in [9.17, 15) is 0 Å². The predicted molar refractivity (Wildman–Crippen MR) is 102 cm³/mol. The quantitative estimate of drug-likeness (QED) is 0.645. The second-order valence-electron chi connectivity index (χ2n) is 7.59. The molecule has 1 aliphatic carbocycles. The summed E-state index contributed by atoms with van der Waals surface area (Å²) in [5.74, 6) is 0. The van der Waals surface area contributed by atoms with Gasteiger partial charge in [-0.15, -0.1) is 0 Å². The molecule has 3 nitrogen and oxygen atoms in total. The molecule has 1 aliphatic rings. The fourth-order valence-corrected chi connectivity index (χ4v) is 3.74. The van der Waals surface area contributed by atoms with Gasteiger partial charge in [0.2, 0.25) is 0 Å². The maximum absolute atomic E-state index is 2.44. The third kappa shape index (κ3) is 3.69. The zero-order valence-corrected chi connectivity index (χ0v) is 15.6. The molecule has 2 aromatic rings. The van der Waals surface area contributed by atoms with Gasteiger partial charge in [-0.25, -0.2) is 0 Å². The molecule has 3 rings (SSSR count). The first-order chi connectivity index (χ1) is 11.4. The fourth-order valence-electron chi connectivity index (χ4n) is 3.74. The van der Waals surface area contributed by atoms with E-state index in [4.69, 9.17) is 0 Å². The van der Waals surface area contributed by atoms with Crippen LogP contribution in [0, 0.1) is 0 Å². The monoisotopic (exact) mass is 323 g/mol. The molecule has 0 spiro atoms. The summed E-state index contributed by atoms with van der Waals surface area (Å²) in [7, 11) is 10.7. The van der Waals surface area contributed by atoms with Gasteiger partial charge in [0, 0.05) is 13.1 Å². The van der Waals surface area contributed by atoms with E-state index in [-0.39, 0.29) is 0 Å². The third-order valence-electron chi connectivity index (χ3n) is 4.56. The van der Waals surface area contributed by atoms with Crippen LogP contribution >= 0.6 is 0 Å². The van der Waals surface area contributed by atoms with Crippen molar-refractivity contribution >= 4 is 0 Å². The largest absolute Gasteiger partial charge is 0.305 e. The molecule has 0 saturated carbocycles. The van der Waals surface area contributed by atoms with Crippen LogP contribution < -0.4 is 0 Å². The minimum Gasteiger partial charge on any atom is -0.305 e. The number of hydrogen-bond acceptors (Lipinski definition) is 3. The first-order valence-corrected chi connectivity index (χ1v) is 8.65. The smallest absolute Gasteiger partial charge is 0.0501 e. The first-order valence-electron chi connectivity index (χ1n) is 8.65. The maximum atomic E-state index is 2.44. The number of rotatable bonds is 6. The molecule has 0 heterocycles. The lowest BCUT2D eigenvalue weighted by molar-refractivity contribution is 0.203. The van der Waals surface area contributed by atoms with E-state index >= 15 is 0 Å². The maximum Gasteiger partial charge on any atom is 0.0501 e. The molecular formula is C21H29N3. The molecule has 0 amide bonds. The normalized spacial score (nSPS) is 13.0. The Morgan fingerprint density at radius 2 is 1.46 bits per heavy atom. The molecule has 0 aliphatic heterocycles. The third-order valence-corrected chi connectivity index (χ3v) is 4.56. The van der Waals surface area contributed by atoms with Gasteiger partial charge in [-0.1, -0.05) is 30.3 Å². The molecule has 0 bridgehead atoms. The summed E-state index contributed by atoms with van der Waals surface area (Å²) in [5.41, 5.74) is 8.69. The fraction of sp³-hybridized carbons (Fsp3) is 0.429. The number of benzene rings is 2. The van der Waals surface area contributed by atoms with E-state index in [0.717, 1.165) is 26.2 Å². The summed E-state index contributed by atoms with van der Waals surface area (Å²) in [6.45, 7) is 2.95. The summed E-state index contributed by atoms with van der Waals surface area (Å²) in [6.07, 6.45) is 1.07. The van der Waals surface area contributed by atoms with Crippen molar-refractivity contribution in [2.45, 2.75) is 19.5 Å². The van der Waals surface area contributed by atoms with Gasteiger partial charge in [-0.2, -0.15) is 0 Å². The van der Waals surface area contributed by atoms with E-state index in [0.29, 0.717) is 0 Å². The lowest BCUT2D eigenvalue weighted by Crippen LogP contribution is -2.30. The van der Waals surface area contributed by atoms with Crippen molar-refractivity contribution in [3.05, 3.63) is 58.7 Å². The summed E-state index contributed by atoms with van der Waals surface area (Å²) < 4.78 is 0. The summed E-state index contributed by atoms with van der Waals surface area (Å²) in [4.78, 5) is 6.86. The average Bonchev–Trinajstić information content (AvgIpc) is 2.83. The van der Waals surface area contributed by atoms with Crippen LogP contribution in [-0.4, -0.2) is 56.6 Å². The highest BCUT2D eigenvalue weighted by atomic mass is 15.3. The van der Waals surface area contributed by atoms with Gasteiger partial charge in [0.05, 0.1) is 6.67 Å². The van der Waals surface area contributed by atoms with Gasteiger partial charge in [-0.05, 0) is 81.1 Å². The van der Waals surface area contributed by atoms with Crippen LogP contribution in [0.15, 0.2) is 36.4 Å². The second-order valence-corrected chi connectivity index (χ2v) is 7.59. The molecule has 0 fully saturated rings. The van der Waals surface area contributed by atoms with Crippen molar-refractivity contribution < 1.29 is 0 Å². The summed E-state index contributed by atoms with van der Waals surface area (Å²) in [6, 6.07) is 13.7. The Labute approximate surface area is 146 Å². The topological polar surface area (TPSA) is 9.72 Å². The molecule has 0 radical (unpaired) electrons. The number of fused-ring (bicyclic) bond motifs is 3. The van der Waals surface area contributed by atoms with Crippen molar-refractivity contribution in [2.24, 2.45) is 0 Å². The van der Waals surface area contributed by atoms with E-state index < -0.39 is 0 Å². The Kier molecular flexibility index (Phi) is 5.04. The lowest BCUT2D eigenvalue weighted by atomic mass is 9.97. The molecule has 24 heavy (non-hydrogen) atoms. The highest BCUT2D eigenvalue weighted by Crippen LogP contribution is 2.38. The Hall–Kier alpha value is -1.68. The van der Waals surface area contributed by atoms with Crippen LogP contribution in [0.5, 0.6) is 0 Å². The van der Waals surface area contributed by atoms with Crippen LogP contribution in [0.3, 0.4) is 0 Å². The molecule has 2 aromatic carbocycles. The molecular weight excluding hydrogens is 294 g/mol. The Morgan fingerprint density at radius 1 is 0.750 bits per heavy atom. The second kappa shape index (κ2) is 7.06. The molecule has 0 saturated heterocycles. The Bertz CT molecular complexity index is 719. The van der Waals surface area contributed by atoms with Crippen LogP contribution in [0.25, 0.3) is 11.1 Å². The highest BCUT2D eigenvalue weighted by molar-refractivity contribution is 5.77. The lowest BCUT2D eigenvalue weighted by Gasteiger charge is -2.24. The van der Waals surface area contributed by atoms with Gasteiger partial charge in [0.15, 0.2) is 0 Å². The van der Waals surface area contributed by atoms with Gasteiger partial charge < -0.3 is 4.90 Å². The molecule has 0 atom stereocenters. The molecule has 3 heteroatoms. The van der Waals surface area contributed by atoms with Crippen molar-refractivity contribution in [3.8, 4) is 11.1 Å². The highest BCUT2D eigenvalue weighted by Gasteiger charge is 2.20. The minimum absolute atomic E-state index is 0.971. The van der Waals surface area contributed by atoms with Crippen LogP contribution in [0.2, 0.25) is 0 Å². The zero-order valence-electron chi connectivity index (χ0n) is 15.6. The summed E-state index contributed by atoms with van der Waals surface area (Å²) >= 11 is 0. The first kappa shape index (κ1) is 17.2. The van der Waals surface area contributed by atoms with Crippen molar-refractivity contribution in [1.29, 1.82) is 0 Å². The SMILES string of the molecule is CN(C)Cc1cc2c(cc1CN(C)CN(C)C)Cc1ccccc1-2. The van der Waals surface area contributed by atoms with Gasteiger partial charge in [0.25, 0.3) is 0 Å². The van der Waals surface area contributed by atoms with E-state index in [1.807, 2.05) is 0 Å². The predicted octanol–water partition coefficient (Wildman–Crippen LogP) is 3.27. The molecule has 0 unspecified atom stereocenters. The van der Waals surface area contributed by atoms with Crippen LogP contribution in [0.1, 0.15) is 22.3 Å². The number of nitrogens with zero attached hydrogens (tertiary/aromatic N) is 3. The van der Waals surface area contributed by atoms with E-state index in [1.54, 1.807) is 0 Å². The van der Waals surface area contributed by atoms with Gasteiger partial charge in [-0.3, -0.25) is 9.80 Å². The van der Waals surface area contributed by atoms with E-state index in [2.05, 4.69) is 86.3 Å². The Morgan fingerprint density at radius 3 is 2.17 bits per heavy atom. The summed E-state index contributed by atoms with van der Waals surface area (Å²) in [5, 5.41) is 0. The average molecular weight is 323 g/mol. The molecule has 0 aromatic heterocycles. The van der Waals surface area contributed by atoms with Crippen LogP contribution in [0.4, 0.5) is 0 Å². The standard InChI is InChI=1S/C21H29N3/c1-22(2)13-19-12-21-17(10-16-8-6-7-9-20(16)21)11-18(19)14-24(5)15-23(3)4/h6-9,11-12H,10,13-15H2,1-5H3. The minimum atomic E-state index is 0.971. The van der Waals surface area contributed by atoms with Crippen molar-refractivity contribution in [1.82, 2.24) is 14.7 Å². The Balaban J connectivity index is 1.96. The zero-order chi connectivity index (χ0) is 17.3.